The SMILES string of the molecule is O=C(c1ccccc1)C1NCCn2cc(C#Cc3ccccc3)cc21. The predicted octanol–water partition coefficient (Wildman–Crippen LogP) is 3.42. The summed E-state index contributed by atoms with van der Waals surface area (Å²) in [6.07, 6.45) is 2.04. The van der Waals surface area contributed by atoms with Crippen molar-refractivity contribution in [2.24, 2.45) is 0 Å². The molecule has 0 saturated carbocycles. The van der Waals surface area contributed by atoms with Gasteiger partial charge in [0.05, 0.1) is 0 Å². The quantitative estimate of drug-likeness (QED) is 0.578. The Bertz CT molecular complexity index is 946. The second kappa shape index (κ2) is 6.80. The topological polar surface area (TPSA) is 34.0 Å². The number of rotatable bonds is 2. The van der Waals surface area contributed by atoms with Gasteiger partial charge in [0.15, 0.2) is 5.78 Å². The number of Topliss-reactive ketones (excluding diaryl/α,β-unsaturated/α-hetero) is 1. The van der Waals surface area contributed by atoms with Crippen LogP contribution in [0.2, 0.25) is 0 Å². The van der Waals surface area contributed by atoms with Gasteiger partial charge >= 0.3 is 0 Å². The maximum Gasteiger partial charge on any atom is 0.185 e. The average Bonchev–Trinajstić information content (AvgIpc) is 3.10. The zero-order valence-electron chi connectivity index (χ0n) is 13.8. The fourth-order valence-electron chi connectivity index (χ4n) is 3.13. The fraction of sp³-hybridized carbons (Fsp3) is 0.136. The van der Waals surface area contributed by atoms with E-state index >= 15 is 0 Å². The van der Waals surface area contributed by atoms with Crippen LogP contribution in [0.3, 0.4) is 0 Å². The molecule has 3 nitrogen and oxygen atoms in total. The van der Waals surface area contributed by atoms with Gasteiger partial charge in [-0.05, 0) is 18.2 Å². The molecule has 4 rings (SSSR count). The highest BCUT2D eigenvalue weighted by molar-refractivity contribution is 6.00. The Morgan fingerprint density at radius 1 is 0.960 bits per heavy atom. The molecule has 2 heterocycles. The van der Waals surface area contributed by atoms with Crippen molar-refractivity contribution in [2.45, 2.75) is 12.6 Å². The van der Waals surface area contributed by atoms with Gasteiger partial charge in [-0.3, -0.25) is 4.79 Å². The second-order valence-electron chi connectivity index (χ2n) is 6.08. The van der Waals surface area contributed by atoms with E-state index < -0.39 is 0 Å². The Kier molecular flexibility index (Phi) is 4.20. The molecular formula is C22H18N2O. The summed E-state index contributed by atoms with van der Waals surface area (Å²) in [5.74, 6) is 6.48. The van der Waals surface area contributed by atoms with Crippen molar-refractivity contribution in [2.75, 3.05) is 6.54 Å². The first-order valence-corrected chi connectivity index (χ1v) is 8.41. The number of carbonyl (C=O) groups excluding carboxylic acids is 1. The summed E-state index contributed by atoms with van der Waals surface area (Å²) in [6, 6.07) is 21.1. The van der Waals surface area contributed by atoms with Crippen molar-refractivity contribution in [1.29, 1.82) is 0 Å². The van der Waals surface area contributed by atoms with E-state index in [1.54, 1.807) is 0 Å². The molecule has 0 fully saturated rings. The van der Waals surface area contributed by atoms with Crippen LogP contribution in [0.4, 0.5) is 0 Å². The normalized spacial score (nSPS) is 15.8. The van der Waals surface area contributed by atoms with Crippen molar-refractivity contribution in [3.8, 4) is 11.8 Å². The molecule has 0 aliphatic carbocycles. The summed E-state index contributed by atoms with van der Waals surface area (Å²) in [6.45, 7) is 1.62. The van der Waals surface area contributed by atoms with Crippen LogP contribution in [0.1, 0.15) is 33.2 Å². The van der Waals surface area contributed by atoms with Gasteiger partial charge < -0.3 is 9.88 Å². The summed E-state index contributed by atoms with van der Waals surface area (Å²) in [4.78, 5) is 12.8. The third kappa shape index (κ3) is 3.26. The van der Waals surface area contributed by atoms with Gasteiger partial charge in [0.1, 0.15) is 6.04 Å². The summed E-state index contributed by atoms with van der Waals surface area (Å²) in [7, 11) is 0. The zero-order valence-corrected chi connectivity index (χ0v) is 13.8. The monoisotopic (exact) mass is 326 g/mol. The van der Waals surface area contributed by atoms with Crippen LogP contribution >= 0.6 is 0 Å². The van der Waals surface area contributed by atoms with Crippen LogP contribution in [-0.4, -0.2) is 16.9 Å². The highest BCUT2D eigenvalue weighted by atomic mass is 16.1. The third-order valence-electron chi connectivity index (χ3n) is 4.37. The lowest BCUT2D eigenvalue weighted by atomic mass is 10.00. The Hall–Kier alpha value is -3.09. The molecule has 1 unspecified atom stereocenters. The maximum absolute atomic E-state index is 12.8. The number of ketones is 1. The highest BCUT2D eigenvalue weighted by Crippen LogP contribution is 2.24. The summed E-state index contributed by atoms with van der Waals surface area (Å²) < 4.78 is 2.14. The van der Waals surface area contributed by atoms with Crippen LogP contribution in [0, 0.1) is 11.8 Å². The van der Waals surface area contributed by atoms with Crippen molar-refractivity contribution < 1.29 is 4.79 Å². The number of hydrogen-bond donors (Lipinski definition) is 1. The lowest BCUT2D eigenvalue weighted by Crippen LogP contribution is -2.37. The van der Waals surface area contributed by atoms with E-state index in [4.69, 9.17) is 0 Å². The lowest BCUT2D eigenvalue weighted by molar-refractivity contribution is 0.0931. The van der Waals surface area contributed by atoms with Gasteiger partial charge in [-0.25, -0.2) is 0 Å². The number of fused-ring (bicyclic) bond motifs is 1. The van der Waals surface area contributed by atoms with Crippen LogP contribution in [0.25, 0.3) is 0 Å². The van der Waals surface area contributed by atoms with Crippen molar-refractivity contribution in [3.63, 3.8) is 0 Å². The Balaban J connectivity index is 1.63. The number of carbonyl (C=O) groups is 1. The van der Waals surface area contributed by atoms with E-state index in [0.29, 0.717) is 0 Å². The molecule has 2 aromatic carbocycles. The van der Waals surface area contributed by atoms with Crippen molar-refractivity contribution in [3.05, 3.63) is 95.3 Å². The first kappa shape index (κ1) is 15.4. The second-order valence-corrected chi connectivity index (χ2v) is 6.08. The zero-order chi connectivity index (χ0) is 17.1. The molecule has 1 N–H and O–H groups in total. The highest BCUT2D eigenvalue weighted by Gasteiger charge is 2.27. The maximum atomic E-state index is 12.8. The van der Waals surface area contributed by atoms with E-state index in [2.05, 4.69) is 21.7 Å². The van der Waals surface area contributed by atoms with Crippen LogP contribution in [-0.2, 0) is 6.54 Å². The predicted molar refractivity (Wildman–Crippen MR) is 98.4 cm³/mol. The van der Waals surface area contributed by atoms with Gasteiger partial charge in [-0.15, -0.1) is 0 Å². The molecule has 0 bridgehead atoms. The molecule has 0 amide bonds. The van der Waals surface area contributed by atoms with Crippen molar-refractivity contribution >= 4 is 5.78 Å². The molecule has 0 spiro atoms. The van der Waals surface area contributed by atoms with Gasteiger partial charge in [-0.1, -0.05) is 60.4 Å². The molecule has 1 aromatic heterocycles. The van der Waals surface area contributed by atoms with E-state index in [9.17, 15) is 4.79 Å². The Morgan fingerprint density at radius 3 is 2.40 bits per heavy atom. The minimum absolute atomic E-state index is 0.0993. The van der Waals surface area contributed by atoms with E-state index in [1.165, 1.54) is 0 Å². The third-order valence-corrected chi connectivity index (χ3v) is 4.37. The lowest BCUT2D eigenvalue weighted by Gasteiger charge is -2.25. The van der Waals surface area contributed by atoms with Gasteiger partial charge in [-0.2, -0.15) is 0 Å². The number of nitrogens with zero attached hydrogens (tertiary/aromatic N) is 1. The molecule has 1 atom stereocenters. The fourth-order valence-corrected chi connectivity index (χ4v) is 3.13. The van der Waals surface area contributed by atoms with Crippen LogP contribution < -0.4 is 5.32 Å². The van der Waals surface area contributed by atoms with E-state index in [1.807, 2.05) is 72.9 Å². The van der Waals surface area contributed by atoms with Crippen LogP contribution in [0.5, 0.6) is 0 Å². The summed E-state index contributed by atoms with van der Waals surface area (Å²) in [5, 5.41) is 3.34. The average molecular weight is 326 g/mol. The number of benzene rings is 2. The molecular weight excluding hydrogens is 308 g/mol. The summed E-state index contributed by atoms with van der Waals surface area (Å²) in [5.41, 5.74) is 3.64. The first-order chi connectivity index (χ1) is 12.3. The first-order valence-electron chi connectivity index (χ1n) is 8.41. The molecule has 1 aliphatic rings. The minimum Gasteiger partial charge on any atom is -0.347 e. The minimum atomic E-state index is -0.316. The van der Waals surface area contributed by atoms with E-state index in [0.717, 1.165) is 35.5 Å². The number of hydrogen-bond acceptors (Lipinski definition) is 2. The molecule has 1 aliphatic heterocycles. The summed E-state index contributed by atoms with van der Waals surface area (Å²) >= 11 is 0. The Labute approximate surface area is 147 Å². The van der Waals surface area contributed by atoms with Gasteiger partial charge in [0, 0.05) is 41.7 Å². The standard InChI is InChI=1S/C22H18N2O/c25-22(19-9-5-2-6-10-19)21-20-15-18(16-24(20)14-13-23-21)12-11-17-7-3-1-4-8-17/h1-10,15-16,21,23H,13-14H2. The number of nitrogens with one attached hydrogen (secondary N) is 1. The van der Waals surface area contributed by atoms with Crippen LogP contribution in [0.15, 0.2) is 72.9 Å². The molecule has 3 aromatic rings. The molecule has 122 valence electrons. The smallest absolute Gasteiger partial charge is 0.185 e. The molecule has 25 heavy (non-hydrogen) atoms. The van der Waals surface area contributed by atoms with E-state index in [-0.39, 0.29) is 11.8 Å². The Morgan fingerprint density at radius 2 is 1.64 bits per heavy atom. The largest absolute Gasteiger partial charge is 0.347 e. The number of aromatic nitrogens is 1. The van der Waals surface area contributed by atoms with Gasteiger partial charge in [0.2, 0.25) is 0 Å². The molecule has 0 saturated heterocycles. The molecule has 3 heteroatoms. The van der Waals surface area contributed by atoms with Gasteiger partial charge in [0.25, 0.3) is 0 Å². The molecule has 0 radical (unpaired) electrons. The van der Waals surface area contributed by atoms with Crippen molar-refractivity contribution in [1.82, 2.24) is 9.88 Å².